The lowest BCUT2D eigenvalue weighted by Crippen LogP contribution is -2.36. The zero-order chi connectivity index (χ0) is 24.6. The lowest BCUT2D eigenvalue weighted by molar-refractivity contribution is 0.0872. The van der Waals surface area contributed by atoms with Crippen molar-refractivity contribution in [1.29, 1.82) is 5.26 Å². The van der Waals surface area contributed by atoms with Crippen LogP contribution in [0.25, 0.3) is 5.69 Å². The number of fused-ring (bicyclic) bond motifs is 2. The topological polar surface area (TPSA) is 103 Å². The second-order valence-corrected chi connectivity index (χ2v) is 12.1. The summed E-state index contributed by atoms with van der Waals surface area (Å²) in [6.07, 6.45) is 5.45. The molecule has 0 amide bonds. The van der Waals surface area contributed by atoms with Crippen molar-refractivity contribution in [1.82, 2.24) is 9.47 Å². The molecule has 2 bridgehead atoms. The number of carbonyl (C=O) groups is 1. The summed E-state index contributed by atoms with van der Waals surface area (Å²) in [7, 11) is -3.02. The van der Waals surface area contributed by atoms with Gasteiger partial charge in [-0.1, -0.05) is 0 Å². The van der Waals surface area contributed by atoms with Crippen LogP contribution in [0, 0.1) is 25.2 Å². The number of sulfone groups is 1. The fraction of sp³-hybridized carbons (Fsp3) is 0.538. The first-order valence-electron chi connectivity index (χ1n) is 12.0. The number of nitriles is 1. The number of benzene rings is 1. The average molecular weight is 484 g/mol. The Balaban J connectivity index is 1.66. The molecule has 8 heteroatoms. The van der Waals surface area contributed by atoms with Gasteiger partial charge in [0, 0.05) is 46.7 Å². The molecule has 2 fully saturated rings. The van der Waals surface area contributed by atoms with Gasteiger partial charge >= 0.3 is 0 Å². The maximum Gasteiger partial charge on any atom is 0.178 e. The van der Waals surface area contributed by atoms with E-state index in [0.29, 0.717) is 36.9 Å². The highest BCUT2D eigenvalue weighted by Crippen LogP contribution is 2.38. The standard InChI is InChI=1S/C26H33N3O4S/c1-17-22(6-4-5-13-34(3,32)33)26(18(2)29(17)20-9-7-19(15-27)8-10-20)25(31)16-28-21-11-12-23(28)24(30)14-21/h7-10,21,23-24,30H,4-6,11-14,16H2,1-3H3. The Labute approximate surface area is 201 Å². The van der Waals surface area contributed by atoms with Gasteiger partial charge in [-0.2, -0.15) is 5.26 Å². The lowest BCUT2D eigenvalue weighted by atomic mass is 9.98. The van der Waals surface area contributed by atoms with Crippen LogP contribution < -0.4 is 0 Å². The smallest absolute Gasteiger partial charge is 0.178 e. The number of aromatic nitrogens is 1. The third kappa shape index (κ3) is 4.83. The van der Waals surface area contributed by atoms with Gasteiger partial charge in [-0.3, -0.25) is 9.69 Å². The molecule has 2 aliphatic rings. The SMILES string of the molecule is Cc1c(CCCCS(C)(=O)=O)c(C(=O)CN2C3CCC2C(O)C3)c(C)n1-c1ccc(C#N)cc1. The zero-order valence-corrected chi connectivity index (χ0v) is 20.9. The third-order valence-corrected chi connectivity index (χ3v) is 8.50. The molecule has 3 heterocycles. The molecule has 4 rings (SSSR count). The van der Waals surface area contributed by atoms with E-state index >= 15 is 0 Å². The van der Waals surface area contributed by atoms with Crippen molar-refractivity contribution in [3.8, 4) is 11.8 Å². The number of ketones is 1. The monoisotopic (exact) mass is 483 g/mol. The van der Waals surface area contributed by atoms with Gasteiger partial charge < -0.3 is 9.67 Å². The van der Waals surface area contributed by atoms with Crippen molar-refractivity contribution in [2.24, 2.45) is 0 Å². The number of unbranched alkanes of at least 4 members (excludes halogenated alkanes) is 1. The molecule has 0 saturated carbocycles. The van der Waals surface area contributed by atoms with Crippen LogP contribution in [0.4, 0.5) is 0 Å². The van der Waals surface area contributed by atoms with Gasteiger partial charge in [0.15, 0.2) is 5.78 Å². The van der Waals surface area contributed by atoms with Gasteiger partial charge in [0.1, 0.15) is 9.84 Å². The van der Waals surface area contributed by atoms with Crippen LogP contribution in [0.15, 0.2) is 24.3 Å². The average Bonchev–Trinajstić information content (AvgIpc) is 3.38. The van der Waals surface area contributed by atoms with E-state index in [-0.39, 0.29) is 29.7 Å². The summed E-state index contributed by atoms with van der Waals surface area (Å²) < 4.78 is 25.2. The van der Waals surface area contributed by atoms with Gasteiger partial charge in [-0.05, 0) is 82.2 Å². The second kappa shape index (κ2) is 9.65. The van der Waals surface area contributed by atoms with Crippen molar-refractivity contribution < 1.29 is 18.3 Å². The number of hydrogen-bond donors (Lipinski definition) is 1. The number of aliphatic hydroxyl groups excluding tert-OH is 1. The molecule has 0 spiro atoms. The maximum absolute atomic E-state index is 13.7. The number of hydrogen-bond acceptors (Lipinski definition) is 6. The van der Waals surface area contributed by atoms with E-state index in [4.69, 9.17) is 5.26 Å². The van der Waals surface area contributed by atoms with Crippen LogP contribution >= 0.6 is 0 Å². The summed E-state index contributed by atoms with van der Waals surface area (Å²) in [4.78, 5) is 15.9. The summed E-state index contributed by atoms with van der Waals surface area (Å²) in [5.74, 6) is 0.191. The fourth-order valence-corrected chi connectivity index (χ4v) is 6.60. The van der Waals surface area contributed by atoms with Gasteiger partial charge in [-0.15, -0.1) is 0 Å². The third-order valence-electron chi connectivity index (χ3n) is 7.47. The molecular formula is C26H33N3O4S. The summed E-state index contributed by atoms with van der Waals surface area (Å²) >= 11 is 0. The number of carbonyl (C=O) groups excluding carboxylic acids is 1. The summed E-state index contributed by atoms with van der Waals surface area (Å²) in [5, 5.41) is 19.4. The Bertz CT molecular complexity index is 1220. The van der Waals surface area contributed by atoms with Crippen LogP contribution in [-0.4, -0.2) is 65.5 Å². The van der Waals surface area contributed by atoms with Crippen LogP contribution in [-0.2, 0) is 16.3 Å². The summed E-state index contributed by atoms with van der Waals surface area (Å²) in [6, 6.07) is 9.78. The Morgan fingerprint density at radius 2 is 1.85 bits per heavy atom. The second-order valence-electron chi connectivity index (χ2n) is 9.80. The number of rotatable bonds is 9. The molecule has 0 aliphatic carbocycles. The van der Waals surface area contributed by atoms with Crippen LogP contribution in [0.1, 0.15) is 65.0 Å². The molecule has 3 unspecified atom stereocenters. The van der Waals surface area contributed by atoms with E-state index in [1.165, 1.54) is 6.26 Å². The van der Waals surface area contributed by atoms with Crippen molar-refractivity contribution in [2.45, 2.75) is 70.6 Å². The van der Waals surface area contributed by atoms with Crippen LogP contribution in [0.2, 0.25) is 0 Å². The predicted molar refractivity (Wildman–Crippen MR) is 131 cm³/mol. The molecule has 0 radical (unpaired) electrons. The molecule has 1 aromatic heterocycles. The number of Topliss-reactive ketones (excluding diaryl/α,β-unsaturated/α-hetero) is 1. The van der Waals surface area contributed by atoms with Crippen LogP contribution in [0.3, 0.4) is 0 Å². The van der Waals surface area contributed by atoms with E-state index in [1.807, 2.05) is 26.0 Å². The van der Waals surface area contributed by atoms with Crippen molar-refractivity contribution in [2.75, 3.05) is 18.6 Å². The molecule has 7 nitrogen and oxygen atoms in total. The Morgan fingerprint density at radius 3 is 2.41 bits per heavy atom. The van der Waals surface area contributed by atoms with E-state index in [0.717, 1.165) is 41.9 Å². The largest absolute Gasteiger partial charge is 0.391 e. The number of nitrogens with zero attached hydrogens (tertiary/aromatic N) is 3. The van der Waals surface area contributed by atoms with E-state index in [9.17, 15) is 18.3 Å². The molecule has 3 atom stereocenters. The Kier molecular flexibility index (Phi) is 6.99. The summed E-state index contributed by atoms with van der Waals surface area (Å²) in [5.41, 5.74) is 4.97. The molecule has 2 aromatic rings. The fourth-order valence-electron chi connectivity index (χ4n) is 5.87. The molecule has 182 valence electrons. The highest BCUT2D eigenvalue weighted by atomic mass is 32.2. The Hall–Kier alpha value is -2.47. The Morgan fingerprint density at radius 1 is 1.15 bits per heavy atom. The van der Waals surface area contributed by atoms with Gasteiger partial charge in [-0.25, -0.2) is 8.42 Å². The first kappa shape index (κ1) is 24.6. The normalized spacial score (nSPS) is 22.3. The van der Waals surface area contributed by atoms with Gasteiger partial charge in [0.05, 0.1) is 24.3 Å². The quantitative estimate of drug-likeness (QED) is 0.434. The predicted octanol–water partition coefficient (Wildman–Crippen LogP) is 3.11. The zero-order valence-electron chi connectivity index (χ0n) is 20.1. The van der Waals surface area contributed by atoms with Crippen molar-refractivity contribution >= 4 is 15.6 Å². The van der Waals surface area contributed by atoms with E-state index in [2.05, 4.69) is 15.5 Å². The first-order valence-corrected chi connectivity index (χ1v) is 14.0. The highest BCUT2D eigenvalue weighted by molar-refractivity contribution is 7.90. The van der Waals surface area contributed by atoms with Crippen molar-refractivity contribution in [3.63, 3.8) is 0 Å². The van der Waals surface area contributed by atoms with E-state index < -0.39 is 9.84 Å². The molecular weight excluding hydrogens is 450 g/mol. The van der Waals surface area contributed by atoms with Crippen LogP contribution in [0.5, 0.6) is 0 Å². The molecule has 2 saturated heterocycles. The minimum absolute atomic E-state index is 0.0529. The van der Waals surface area contributed by atoms with Gasteiger partial charge in [0.2, 0.25) is 0 Å². The highest BCUT2D eigenvalue weighted by Gasteiger charge is 2.46. The molecule has 2 aliphatic heterocycles. The first-order chi connectivity index (χ1) is 16.1. The minimum Gasteiger partial charge on any atom is -0.391 e. The lowest BCUT2D eigenvalue weighted by Gasteiger charge is -2.21. The van der Waals surface area contributed by atoms with Gasteiger partial charge in [0.25, 0.3) is 0 Å². The summed E-state index contributed by atoms with van der Waals surface area (Å²) in [6.45, 7) is 4.24. The van der Waals surface area contributed by atoms with E-state index in [1.54, 1.807) is 12.1 Å². The molecule has 34 heavy (non-hydrogen) atoms. The maximum atomic E-state index is 13.7. The molecule has 1 aromatic carbocycles. The number of aliphatic hydroxyl groups is 1. The minimum atomic E-state index is -3.02. The van der Waals surface area contributed by atoms with Crippen molar-refractivity contribution in [3.05, 3.63) is 52.3 Å². The molecule has 1 N–H and O–H groups in total.